The van der Waals surface area contributed by atoms with Crippen LogP contribution in [-0.4, -0.2) is 22.9 Å². The fourth-order valence-electron chi connectivity index (χ4n) is 0.551. The lowest BCUT2D eigenvalue weighted by atomic mass is 9.98. The highest BCUT2D eigenvalue weighted by Crippen LogP contribution is 2.52. The summed E-state index contributed by atoms with van der Waals surface area (Å²) in [6.07, 6.45) is -6.33. The molecule has 0 atom stereocenters. The third-order valence-corrected chi connectivity index (χ3v) is 1.73. The Labute approximate surface area is 80.0 Å². The Morgan fingerprint density at radius 2 is 1.00 bits per heavy atom. The molecule has 0 heterocycles. The molecule has 0 aliphatic carbocycles. The maximum absolute atomic E-state index is 12.6. The molecular formula is C6H6ClF7. The van der Waals surface area contributed by atoms with Gasteiger partial charge < -0.3 is 0 Å². The molecule has 0 amide bonds. The Hall–Kier alpha value is -0.200. The molecule has 0 aliphatic heterocycles. The predicted molar refractivity (Wildman–Crippen MR) is 35.9 cm³/mol. The standard InChI is InChI=1S/C6H6ClF7/c1-3(2,7)4(8,9)5(10,11)6(12,13)14/h1-2H3. The molecule has 14 heavy (non-hydrogen) atoms. The van der Waals surface area contributed by atoms with Crippen LogP contribution in [0.1, 0.15) is 13.8 Å². The lowest BCUT2D eigenvalue weighted by Crippen LogP contribution is -2.59. The summed E-state index contributed by atoms with van der Waals surface area (Å²) >= 11 is 4.79. The van der Waals surface area contributed by atoms with Gasteiger partial charge in [-0.3, -0.25) is 0 Å². The molecule has 0 rings (SSSR count). The number of hydrogen-bond acceptors (Lipinski definition) is 0. The van der Waals surface area contributed by atoms with Gasteiger partial charge in [0.2, 0.25) is 0 Å². The second-order valence-electron chi connectivity index (χ2n) is 3.12. The highest BCUT2D eigenvalue weighted by molar-refractivity contribution is 6.24. The number of hydrogen-bond donors (Lipinski definition) is 0. The van der Waals surface area contributed by atoms with Crippen molar-refractivity contribution in [3.05, 3.63) is 0 Å². The van der Waals surface area contributed by atoms with Crippen LogP contribution in [0.3, 0.4) is 0 Å². The van der Waals surface area contributed by atoms with Crippen LogP contribution >= 0.6 is 11.6 Å². The maximum Gasteiger partial charge on any atom is 0.459 e. The molecule has 86 valence electrons. The molecule has 0 bridgehead atoms. The first-order valence-corrected chi connectivity index (χ1v) is 3.64. The molecule has 0 N–H and O–H groups in total. The zero-order valence-corrected chi connectivity index (χ0v) is 7.78. The lowest BCUT2D eigenvalue weighted by molar-refractivity contribution is -0.360. The van der Waals surface area contributed by atoms with Crippen LogP contribution in [0.5, 0.6) is 0 Å². The molecule has 0 aromatic carbocycles. The molecule has 0 unspecified atom stereocenters. The molecule has 0 aromatic rings. The van der Waals surface area contributed by atoms with Gasteiger partial charge in [0.25, 0.3) is 0 Å². The molecule has 0 fully saturated rings. The summed E-state index contributed by atoms with van der Waals surface area (Å²) in [5.74, 6) is -11.5. The molecule has 0 aromatic heterocycles. The van der Waals surface area contributed by atoms with Crippen molar-refractivity contribution in [2.75, 3.05) is 0 Å². The minimum atomic E-state index is -6.33. The fourth-order valence-corrected chi connectivity index (χ4v) is 0.670. The number of alkyl halides is 8. The van der Waals surface area contributed by atoms with Crippen LogP contribution in [0.15, 0.2) is 0 Å². The van der Waals surface area contributed by atoms with Crippen LogP contribution in [0, 0.1) is 0 Å². The Balaban J connectivity index is 5.30. The van der Waals surface area contributed by atoms with Crippen molar-refractivity contribution in [3.63, 3.8) is 0 Å². The van der Waals surface area contributed by atoms with E-state index in [-0.39, 0.29) is 0 Å². The van der Waals surface area contributed by atoms with Gasteiger partial charge in [0.1, 0.15) is 4.87 Å². The quantitative estimate of drug-likeness (QED) is 0.513. The minimum Gasteiger partial charge on any atom is -0.197 e. The molecule has 0 saturated heterocycles. The van der Waals surface area contributed by atoms with Crippen molar-refractivity contribution < 1.29 is 30.7 Å². The molecule has 0 aliphatic rings. The zero-order chi connectivity index (χ0) is 12.0. The van der Waals surface area contributed by atoms with E-state index < -0.39 is 22.9 Å². The van der Waals surface area contributed by atoms with Gasteiger partial charge in [0, 0.05) is 0 Å². The van der Waals surface area contributed by atoms with E-state index in [0.29, 0.717) is 13.8 Å². The van der Waals surface area contributed by atoms with Crippen LogP contribution in [0.2, 0.25) is 0 Å². The highest BCUT2D eigenvalue weighted by atomic mass is 35.5. The molecule has 0 saturated carbocycles. The molecule has 0 spiro atoms. The topological polar surface area (TPSA) is 0 Å². The maximum atomic E-state index is 12.6. The third kappa shape index (κ3) is 1.92. The summed E-state index contributed by atoms with van der Waals surface area (Å²) in [6.45, 7) is 0.766. The van der Waals surface area contributed by atoms with Gasteiger partial charge in [0.15, 0.2) is 0 Å². The van der Waals surface area contributed by atoms with E-state index in [9.17, 15) is 30.7 Å². The monoisotopic (exact) mass is 246 g/mol. The second kappa shape index (κ2) is 3.15. The molecule has 8 heteroatoms. The molecule has 0 radical (unpaired) electrons. The van der Waals surface area contributed by atoms with Crippen LogP contribution < -0.4 is 0 Å². The van der Waals surface area contributed by atoms with E-state index in [1.807, 2.05) is 0 Å². The van der Waals surface area contributed by atoms with Crippen LogP contribution in [0.25, 0.3) is 0 Å². The Morgan fingerprint density at radius 1 is 0.714 bits per heavy atom. The third-order valence-electron chi connectivity index (χ3n) is 1.50. The molecular weight excluding hydrogens is 241 g/mol. The van der Waals surface area contributed by atoms with Gasteiger partial charge in [0.05, 0.1) is 0 Å². The van der Waals surface area contributed by atoms with E-state index in [1.54, 1.807) is 0 Å². The SMILES string of the molecule is CC(C)(Cl)C(F)(F)C(F)(F)C(F)(F)F. The van der Waals surface area contributed by atoms with E-state index in [0.717, 1.165) is 0 Å². The number of halogens is 8. The van der Waals surface area contributed by atoms with Gasteiger partial charge in [-0.1, -0.05) is 0 Å². The van der Waals surface area contributed by atoms with Gasteiger partial charge in [-0.05, 0) is 13.8 Å². The first-order chi connectivity index (χ1) is 5.75. The fraction of sp³-hybridized carbons (Fsp3) is 1.00. The summed E-state index contributed by atoms with van der Waals surface area (Å²) in [6, 6.07) is 0. The first kappa shape index (κ1) is 13.8. The summed E-state index contributed by atoms with van der Waals surface area (Å²) < 4.78 is 84.4. The average molecular weight is 247 g/mol. The first-order valence-electron chi connectivity index (χ1n) is 3.26. The average Bonchev–Trinajstić information content (AvgIpc) is 1.81. The summed E-state index contributed by atoms with van der Waals surface area (Å²) in [4.78, 5) is -2.99. The highest BCUT2D eigenvalue weighted by Gasteiger charge is 2.77. The van der Waals surface area contributed by atoms with E-state index >= 15 is 0 Å². The van der Waals surface area contributed by atoms with Gasteiger partial charge in [-0.2, -0.15) is 30.7 Å². The summed E-state index contributed by atoms with van der Waals surface area (Å²) in [5, 5.41) is 0. The second-order valence-corrected chi connectivity index (χ2v) is 4.06. The number of rotatable bonds is 2. The Bertz CT molecular complexity index is 187. The van der Waals surface area contributed by atoms with Crippen molar-refractivity contribution in [2.24, 2.45) is 0 Å². The van der Waals surface area contributed by atoms with Crippen molar-refractivity contribution >= 4 is 11.6 Å². The van der Waals surface area contributed by atoms with Crippen molar-refractivity contribution in [3.8, 4) is 0 Å². The normalized spacial score (nSPS) is 15.9. The zero-order valence-electron chi connectivity index (χ0n) is 7.02. The Kier molecular flexibility index (Phi) is 3.10. The van der Waals surface area contributed by atoms with Crippen LogP contribution in [0.4, 0.5) is 30.7 Å². The lowest BCUT2D eigenvalue weighted by Gasteiger charge is -2.35. The van der Waals surface area contributed by atoms with Crippen molar-refractivity contribution in [1.29, 1.82) is 0 Å². The van der Waals surface area contributed by atoms with E-state index in [2.05, 4.69) is 0 Å². The molecule has 0 nitrogen and oxygen atoms in total. The smallest absolute Gasteiger partial charge is 0.197 e. The van der Waals surface area contributed by atoms with Crippen molar-refractivity contribution in [1.82, 2.24) is 0 Å². The van der Waals surface area contributed by atoms with E-state index in [1.165, 1.54) is 0 Å². The largest absolute Gasteiger partial charge is 0.459 e. The van der Waals surface area contributed by atoms with E-state index in [4.69, 9.17) is 11.6 Å². The van der Waals surface area contributed by atoms with Gasteiger partial charge >= 0.3 is 18.0 Å². The predicted octanol–water partition coefficient (Wildman–Crippen LogP) is 3.84. The van der Waals surface area contributed by atoms with Gasteiger partial charge in [-0.15, -0.1) is 11.6 Å². The minimum absolute atomic E-state index is 0.383. The van der Waals surface area contributed by atoms with Crippen LogP contribution in [-0.2, 0) is 0 Å². The summed E-state index contributed by atoms with van der Waals surface area (Å²) in [7, 11) is 0. The van der Waals surface area contributed by atoms with Crippen molar-refractivity contribution in [2.45, 2.75) is 36.7 Å². The van der Waals surface area contributed by atoms with Gasteiger partial charge in [-0.25, -0.2) is 0 Å². The summed E-state index contributed by atoms with van der Waals surface area (Å²) in [5.41, 5.74) is 0. The Morgan fingerprint density at radius 3 is 1.07 bits per heavy atom.